The zero-order valence-corrected chi connectivity index (χ0v) is 13.5. The van der Waals surface area contributed by atoms with E-state index in [-0.39, 0.29) is 0 Å². The van der Waals surface area contributed by atoms with Gasteiger partial charge in [-0.15, -0.1) is 0 Å². The van der Waals surface area contributed by atoms with Crippen LogP contribution in [0.3, 0.4) is 0 Å². The van der Waals surface area contributed by atoms with Gasteiger partial charge in [-0.2, -0.15) is 5.10 Å². The van der Waals surface area contributed by atoms with E-state index < -0.39 is 0 Å². The summed E-state index contributed by atoms with van der Waals surface area (Å²) in [6.45, 7) is 0. The normalized spacial score (nSPS) is 11.0. The van der Waals surface area contributed by atoms with Crippen LogP contribution in [0.5, 0.6) is 0 Å². The van der Waals surface area contributed by atoms with Gasteiger partial charge in [-0.25, -0.2) is 9.50 Å². The average Bonchev–Trinajstić information content (AvgIpc) is 3.00. The van der Waals surface area contributed by atoms with Crippen molar-refractivity contribution in [3.05, 3.63) is 76.9 Å². The molecule has 0 spiro atoms. The number of aromatic nitrogens is 3. The second-order valence-electron chi connectivity index (χ2n) is 5.14. The summed E-state index contributed by atoms with van der Waals surface area (Å²) in [7, 11) is 0. The minimum Gasteiger partial charge on any atom is -0.237 e. The lowest BCUT2D eigenvalue weighted by molar-refractivity contribution is 0.952. The van der Waals surface area contributed by atoms with E-state index in [9.17, 15) is 0 Å². The van der Waals surface area contributed by atoms with Crippen molar-refractivity contribution in [1.29, 1.82) is 0 Å². The van der Waals surface area contributed by atoms with Crippen molar-refractivity contribution >= 4 is 28.8 Å². The number of halogens is 2. The molecule has 2 aromatic heterocycles. The largest absolute Gasteiger partial charge is 0.237 e. The number of nitrogens with zero attached hydrogens (tertiary/aromatic N) is 3. The minimum absolute atomic E-state index is 0.706. The van der Waals surface area contributed by atoms with Crippen LogP contribution in [0, 0.1) is 0 Å². The van der Waals surface area contributed by atoms with Crippen LogP contribution < -0.4 is 0 Å². The van der Waals surface area contributed by atoms with Crippen molar-refractivity contribution in [2.45, 2.75) is 0 Å². The second-order valence-corrected chi connectivity index (χ2v) is 6.02. The van der Waals surface area contributed by atoms with E-state index in [1.807, 2.05) is 65.2 Å². The van der Waals surface area contributed by atoms with Crippen LogP contribution in [-0.2, 0) is 0 Å². The summed E-state index contributed by atoms with van der Waals surface area (Å²) >= 11 is 11.9. The van der Waals surface area contributed by atoms with Gasteiger partial charge in [-0.1, -0.05) is 47.5 Å². The molecule has 3 nitrogen and oxygen atoms in total. The first kappa shape index (κ1) is 14.2. The first-order valence-corrected chi connectivity index (χ1v) is 7.83. The van der Waals surface area contributed by atoms with Crippen molar-refractivity contribution < 1.29 is 0 Å². The van der Waals surface area contributed by atoms with E-state index >= 15 is 0 Å². The van der Waals surface area contributed by atoms with Crippen LogP contribution in [0.4, 0.5) is 0 Å². The molecular weight excluding hydrogens is 329 g/mol. The molecule has 0 atom stereocenters. The molecule has 4 aromatic rings. The Labute approximate surface area is 143 Å². The molecule has 0 bridgehead atoms. The van der Waals surface area contributed by atoms with Gasteiger partial charge in [0.15, 0.2) is 5.65 Å². The summed E-state index contributed by atoms with van der Waals surface area (Å²) in [5.41, 5.74) is 4.65. The lowest BCUT2D eigenvalue weighted by Crippen LogP contribution is -1.95. The predicted molar refractivity (Wildman–Crippen MR) is 93.9 cm³/mol. The van der Waals surface area contributed by atoms with Gasteiger partial charge in [0.05, 0.1) is 11.4 Å². The fourth-order valence-corrected chi connectivity index (χ4v) is 2.75. The highest BCUT2D eigenvalue weighted by Crippen LogP contribution is 2.25. The van der Waals surface area contributed by atoms with Crippen LogP contribution in [0.15, 0.2) is 66.9 Å². The number of rotatable bonds is 2. The standard InChI is InChI=1S/C18H11Cl2N3/c19-14-5-1-12(2-6-14)16-11-18-21-10-9-17(23(18)22-16)13-3-7-15(20)8-4-13/h1-11H. The Balaban J connectivity index is 1.87. The summed E-state index contributed by atoms with van der Waals surface area (Å²) < 4.78 is 1.84. The van der Waals surface area contributed by atoms with Gasteiger partial charge in [0.2, 0.25) is 0 Å². The maximum Gasteiger partial charge on any atom is 0.156 e. The fourth-order valence-electron chi connectivity index (χ4n) is 2.50. The monoisotopic (exact) mass is 339 g/mol. The first-order valence-electron chi connectivity index (χ1n) is 7.07. The van der Waals surface area contributed by atoms with Crippen LogP contribution in [0.1, 0.15) is 0 Å². The average molecular weight is 340 g/mol. The van der Waals surface area contributed by atoms with Crippen LogP contribution in [0.25, 0.3) is 28.2 Å². The first-order chi connectivity index (χ1) is 11.2. The summed E-state index contributed by atoms with van der Waals surface area (Å²) in [4.78, 5) is 4.40. The Morgan fingerprint density at radius 3 is 2.00 bits per heavy atom. The lowest BCUT2D eigenvalue weighted by Gasteiger charge is -2.04. The van der Waals surface area contributed by atoms with Crippen molar-refractivity contribution in [1.82, 2.24) is 14.6 Å². The zero-order valence-electron chi connectivity index (χ0n) is 11.9. The molecule has 0 unspecified atom stereocenters. The molecule has 0 aliphatic heterocycles. The van der Waals surface area contributed by atoms with Crippen LogP contribution in [0.2, 0.25) is 10.0 Å². The Bertz CT molecular complexity index is 974. The number of benzene rings is 2. The van der Waals surface area contributed by atoms with Gasteiger partial charge < -0.3 is 0 Å². The number of hydrogen-bond donors (Lipinski definition) is 0. The topological polar surface area (TPSA) is 30.2 Å². The van der Waals surface area contributed by atoms with E-state index in [1.54, 1.807) is 6.20 Å². The number of hydrogen-bond acceptors (Lipinski definition) is 2. The molecule has 2 aromatic carbocycles. The molecule has 112 valence electrons. The molecule has 23 heavy (non-hydrogen) atoms. The summed E-state index contributed by atoms with van der Waals surface area (Å²) in [6, 6.07) is 19.2. The van der Waals surface area contributed by atoms with Gasteiger partial charge in [-0.05, 0) is 30.3 Å². The lowest BCUT2D eigenvalue weighted by atomic mass is 10.1. The molecule has 5 heteroatoms. The molecule has 0 fully saturated rings. The smallest absolute Gasteiger partial charge is 0.156 e. The summed E-state index contributed by atoms with van der Waals surface area (Å²) in [5, 5.41) is 6.11. The molecule has 0 radical (unpaired) electrons. The van der Waals surface area contributed by atoms with Crippen LogP contribution in [-0.4, -0.2) is 14.6 Å². The van der Waals surface area contributed by atoms with E-state index in [1.165, 1.54) is 0 Å². The van der Waals surface area contributed by atoms with Crippen molar-refractivity contribution in [2.75, 3.05) is 0 Å². The van der Waals surface area contributed by atoms with Gasteiger partial charge in [0.25, 0.3) is 0 Å². The van der Waals surface area contributed by atoms with Gasteiger partial charge in [0, 0.05) is 33.4 Å². The van der Waals surface area contributed by atoms with Gasteiger partial charge in [0.1, 0.15) is 0 Å². The highest BCUT2D eigenvalue weighted by Gasteiger charge is 2.09. The zero-order chi connectivity index (χ0) is 15.8. The second kappa shape index (κ2) is 5.69. The molecule has 2 heterocycles. The summed E-state index contributed by atoms with van der Waals surface area (Å²) in [6.07, 6.45) is 1.78. The molecule has 4 rings (SSSR count). The maximum absolute atomic E-state index is 5.97. The molecule has 0 saturated heterocycles. The minimum atomic E-state index is 0.706. The third-order valence-corrected chi connectivity index (χ3v) is 4.14. The third-order valence-electron chi connectivity index (χ3n) is 3.64. The molecular formula is C18H11Cl2N3. The highest BCUT2D eigenvalue weighted by molar-refractivity contribution is 6.30. The van der Waals surface area contributed by atoms with E-state index in [0.29, 0.717) is 10.0 Å². The Morgan fingerprint density at radius 1 is 0.739 bits per heavy atom. The van der Waals surface area contributed by atoms with Crippen LogP contribution >= 0.6 is 23.2 Å². The van der Waals surface area contributed by atoms with Gasteiger partial charge in [-0.3, -0.25) is 0 Å². The molecule has 0 saturated carbocycles. The quantitative estimate of drug-likeness (QED) is 0.491. The van der Waals surface area contributed by atoms with E-state index in [2.05, 4.69) is 10.1 Å². The molecule has 0 aliphatic carbocycles. The Morgan fingerprint density at radius 2 is 1.35 bits per heavy atom. The van der Waals surface area contributed by atoms with E-state index in [0.717, 1.165) is 28.2 Å². The predicted octanol–water partition coefficient (Wildman–Crippen LogP) is 5.37. The Kier molecular flexibility index (Phi) is 3.52. The van der Waals surface area contributed by atoms with Crippen molar-refractivity contribution in [2.24, 2.45) is 0 Å². The maximum atomic E-state index is 5.97. The highest BCUT2D eigenvalue weighted by atomic mass is 35.5. The Hall–Kier alpha value is -2.36. The summed E-state index contributed by atoms with van der Waals surface area (Å²) in [5.74, 6) is 0. The third kappa shape index (κ3) is 2.69. The fraction of sp³-hybridized carbons (Fsp3) is 0. The van der Waals surface area contributed by atoms with E-state index in [4.69, 9.17) is 23.2 Å². The van der Waals surface area contributed by atoms with Crippen molar-refractivity contribution in [3.8, 4) is 22.5 Å². The SMILES string of the molecule is Clc1ccc(-c2cc3nccc(-c4ccc(Cl)cc4)n3n2)cc1. The molecule has 0 N–H and O–H groups in total. The van der Waals surface area contributed by atoms with Gasteiger partial charge >= 0.3 is 0 Å². The van der Waals surface area contributed by atoms with Crippen molar-refractivity contribution in [3.63, 3.8) is 0 Å². The number of fused-ring (bicyclic) bond motifs is 1. The molecule has 0 aliphatic rings. The molecule has 0 amide bonds.